The molecule has 0 bridgehead atoms. The molecule has 0 saturated heterocycles. The van der Waals surface area contributed by atoms with E-state index in [4.69, 9.17) is 0 Å². The molecule has 9 aromatic rings. The van der Waals surface area contributed by atoms with Crippen LogP contribution in [0, 0.1) is 0 Å². The molecule has 11 rings (SSSR count). The summed E-state index contributed by atoms with van der Waals surface area (Å²) < 4.78 is 0. The average molecular weight is 726 g/mol. The minimum absolute atomic E-state index is 0.420. The lowest BCUT2D eigenvalue weighted by Crippen LogP contribution is -2.28. The molecule has 1 N–H and O–H groups in total. The van der Waals surface area contributed by atoms with E-state index in [2.05, 4.69) is 236 Å². The molecule has 1 nitrogen and oxygen atoms in total. The van der Waals surface area contributed by atoms with Crippen LogP contribution in [0.2, 0.25) is 0 Å². The summed E-state index contributed by atoms with van der Waals surface area (Å²) in [5.74, 6) is 0. The number of para-hydroxylation sites is 1. The molecule has 0 radical (unpaired) electrons. The summed E-state index contributed by atoms with van der Waals surface area (Å²) in [6.45, 7) is 0. The largest absolute Gasteiger partial charge is 0.355 e. The molecule has 0 saturated carbocycles. The van der Waals surface area contributed by atoms with Gasteiger partial charge in [-0.25, -0.2) is 0 Å². The van der Waals surface area contributed by atoms with Gasteiger partial charge in [-0.3, -0.25) is 0 Å². The fourth-order valence-corrected chi connectivity index (χ4v) is 10.1. The highest BCUT2D eigenvalue weighted by Gasteiger charge is 2.47. The quantitative estimate of drug-likeness (QED) is 0.172. The van der Waals surface area contributed by atoms with Gasteiger partial charge >= 0.3 is 0 Å². The van der Waals surface area contributed by atoms with Crippen molar-refractivity contribution in [2.45, 2.75) is 10.8 Å². The summed E-state index contributed by atoms with van der Waals surface area (Å²) in [4.78, 5) is 0. The second-order valence-electron chi connectivity index (χ2n) is 15.2. The fourth-order valence-electron chi connectivity index (χ4n) is 10.1. The molecule has 0 amide bonds. The first-order chi connectivity index (χ1) is 28.3. The Hall–Kier alpha value is -7.22. The van der Waals surface area contributed by atoms with Crippen molar-refractivity contribution in [2.24, 2.45) is 0 Å². The zero-order chi connectivity index (χ0) is 37.8. The van der Waals surface area contributed by atoms with E-state index in [1.54, 1.807) is 0 Å². The maximum absolute atomic E-state index is 3.92. The third-order valence-electron chi connectivity index (χ3n) is 12.4. The smallest absolute Gasteiger partial charge is 0.0714 e. The Bertz CT molecular complexity index is 2830. The minimum Gasteiger partial charge on any atom is -0.355 e. The standard InChI is InChI=1S/C56H39N/c1-5-19-40(20-6-1)55(41-21-7-2-8-22-41)51-31-17-14-29-47(51)49-37-39(33-36-52(49)55)45-27-15-18-32-54(45)57-44-34-35-48-46-28-13-16-30-50(46)56(53(48)38-44,42-23-9-3-10-24-42)43-25-11-4-12-26-43/h1-38,57H. The molecule has 0 aromatic heterocycles. The van der Waals surface area contributed by atoms with E-state index in [9.17, 15) is 0 Å². The predicted octanol–water partition coefficient (Wildman–Crippen LogP) is 13.8. The van der Waals surface area contributed by atoms with Crippen molar-refractivity contribution in [2.75, 3.05) is 5.32 Å². The van der Waals surface area contributed by atoms with Crippen molar-refractivity contribution in [1.82, 2.24) is 0 Å². The number of hydrogen-bond acceptors (Lipinski definition) is 1. The maximum atomic E-state index is 3.92. The lowest BCUT2D eigenvalue weighted by atomic mass is 9.67. The molecular formula is C56H39N. The van der Waals surface area contributed by atoms with Gasteiger partial charge in [0.05, 0.1) is 10.8 Å². The Morgan fingerprint density at radius 2 is 0.667 bits per heavy atom. The van der Waals surface area contributed by atoms with Gasteiger partial charge in [0, 0.05) is 16.9 Å². The van der Waals surface area contributed by atoms with Crippen LogP contribution in [0.1, 0.15) is 44.5 Å². The summed E-state index contributed by atoms with van der Waals surface area (Å²) in [7, 11) is 0. The van der Waals surface area contributed by atoms with Crippen LogP contribution in [0.25, 0.3) is 33.4 Å². The van der Waals surface area contributed by atoms with Crippen LogP contribution in [0.3, 0.4) is 0 Å². The summed E-state index contributed by atoms with van der Waals surface area (Å²) in [6, 6.07) is 84.7. The Balaban J connectivity index is 1.05. The summed E-state index contributed by atoms with van der Waals surface area (Å²) in [5, 5.41) is 3.92. The van der Waals surface area contributed by atoms with Crippen molar-refractivity contribution in [1.29, 1.82) is 0 Å². The summed E-state index contributed by atoms with van der Waals surface area (Å²) >= 11 is 0. The van der Waals surface area contributed by atoms with Crippen LogP contribution in [-0.4, -0.2) is 0 Å². The highest BCUT2D eigenvalue weighted by molar-refractivity contribution is 5.92. The molecule has 1 heteroatoms. The van der Waals surface area contributed by atoms with Gasteiger partial charge in [-0.2, -0.15) is 0 Å². The molecule has 268 valence electrons. The fraction of sp³-hybridized carbons (Fsp3) is 0.0357. The van der Waals surface area contributed by atoms with E-state index in [1.807, 2.05) is 0 Å². The van der Waals surface area contributed by atoms with Crippen LogP contribution in [0.5, 0.6) is 0 Å². The molecule has 0 heterocycles. The third kappa shape index (κ3) is 4.89. The predicted molar refractivity (Wildman–Crippen MR) is 236 cm³/mol. The van der Waals surface area contributed by atoms with Gasteiger partial charge in [0.2, 0.25) is 0 Å². The van der Waals surface area contributed by atoms with Gasteiger partial charge in [0.15, 0.2) is 0 Å². The van der Waals surface area contributed by atoms with E-state index >= 15 is 0 Å². The van der Waals surface area contributed by atoms with E-state index in [1.165, 1.54) is 72.3 Å². The van der Waals surface area contributed by atoms with Crippen LogP contribution in [0.15, 0.2) is 231 Å². The Kier molecular flexibility index (Phi) is 7.69. The number of nitrogens with one attached hydrogen (secondary N) is 1. The van der Waals surface area contributed by atoms with Gasteiger partial charge in [-0.05, 0) is 96.6 Å². The Morgan fingerprint density at radius 1 is 0.263 bits per heavy atom. The van der Waals surface area contributed by atoms with Crippen molar-refractivity contribution in [3.63, 3.8) is 0 Å². The minimum atomic E-state index is -0.455. The number of hydrogen-bond donors (Lipinski definition) is 1. The molecule has 0 atom stereocenters. The molecule has 0 unspecified atom stereocenters. The SMILES string of the molecule is c1ccc(C2(c3ccccc3)c3ccccc3-c3cc(-c4ccccc4Nc4ccc5c(c4)C(c4ccccc4)(c4ccccc4)c4ccccc4-5)ccc32)cc1. The first kappa shape index (κ1) is 33.1. The van der Waals surface area contributed by atoms with Gasteiger partial charge in [0.25, 0.3) is 0 Å². The van der Waals surface area contributed by atoms with Crippen molar-refractivity contribution in [3.8, 4) is 33.4 Å². The van der Waals surface area contributed by atoms with Crippen molar-refractivity contribution < 1.29 is 0 Å². The number of fused-ring (bicyclic) bond motifs is 6. The van der Waals surface area contributed by atoms with Gasteiger partial charge in [-0.15, -0.1) is 0 Å². The highest BCUT2D eigenvalue weighted by atomic mass is 14.9. The zero-order valence-corrected chi connectivity index (χ0v) is 31.4. The summed E-state index contributed by atoms with van der Waals surface area (Å²) in [6.07, 6.45) is 0. The molecule has 9 aromatic carbocycles. The van der Waals surface area contributed by atoms with Crippen molar-refractivity contribution >= 4 is 11.4 Å². The second kappa shape index (κ2) is 13.2. The average Bonchev–Trinajstić information content (AvgIpc) is 3.76. The molecule has 0 fully saturated rings. The maximum Gasteiger partial charge on any atom is 0.0714 e. The monoisotopic (exact) mass is 725 g/mol. The second-order valence-corrected chi connectivity index (χ2v) is 15.2. The van der Waals surface area contributed by atoms with Gasteiger partial charge in [0.1, 0.15) is 0 Å². The summed E-state index contributed by atoms with van der Waals surface area (Å²) in [5.41, 5.74) is 19.0. The molecular weight excluding hydrogens is 687 g/mol. The van der Waals surface area contributed by atoms with Gasteiger partial charge in [-0.1, -0.05) is 206 Å². The molecule has 2 aliphatic rings. The van der Waals surface area contributed by atoms with E-state index < -0.39 is 10.8 Å². The normalized spacial score (nSPS) is 13.9. The van der Waals surface area contributed by atoms with E-state index in [-0.39, 0.29) is 0 Å². The third-order valence-corrected chi connectivity index (χ3v) is 12.4. The van der Waals surface area contributed by atoms with Crippen LogP contribution < -0.4 is 5.32 Å². The van der Waals surface area contributed by atoms with Crippen LogP contribution in [-0.2, 0) is 10.8 Å². The zero-order valence-electron chi connectivity index (χ0n) is 31.4. The lowest BCUT2D eigenvalue weighted by molar-refractivity contribution is 0.768. The number of benzene rings is 9. The molecule has 0 spiro atoms. The van der Waals surface area contributed by atoms with Crippen LogP contribution >= 0.6 is 0 Å². The molecule has 57 heavy (non-hydrogen) atoms. The topological polar surface area (TPSA) is 12.0 Å². The number of anilines is 2. The molecule has 0 aliphatic heterocycles. The van der Waals surface area contributed by atoms with Crippen LogP contribution in [0.4, 0.5) is 11.4 Å². The van der Waals surface area contributed by atoms with Crippen molar-refractivity contribution in [3.05, 3.63) is 275 Å². The Labute approximate surface area is 334 Å². The number of rotatable bonds is 7. The lowest BCUT2D eigenvalue weighted by Gasteiger charge is -2.34. The van der Waals surface area contributed by atoms with E-state index in [0.717, 1.165) is 16.9 Å². The first-order valence-electron chi connectivity index (χ1n) is 19.9. The van der Waals surface area contributed by atoms with E-state index in [0.29, 0.717) is 0 Å². The Morgan fingerprint density at radius 3 is 1.21 bits per heavy atom. The molecule has 2 aliphatic carbocycles. The highest BCUT2D eigenvalue weighted by Crippen LogP contribution is 2.58. The van der Waals surface area contributed by atoms with Gasteiger partial charge < -0.3 is 5.32 Å². The first-order valence-corrected chi connectivity index (χ1v) is 19.9.